The Balaban J connectivity index is 4.66. The van der Waals surface area contributed by atoms with Crippen LogP contribution in [0.1, 0.15) is 13.3 Å². The number of ether oxygens (including phenoxy) is 1. The van der Waals surface area contributed by atoms with E-state index in [0.29, 0.717) is 0 Å². The van der Waals surface area contributed by atoms with Crippen molar-refractivity contribution in [2.24, 2.45) is 0 Å². The van der Waals surface area contributed by atoms with E-state index in [-0.39, 0.29) is 11.3 Å². The van der Waals surface area contributed by atoms with E-state index in [0.717, 1.165) is 0 Å². The Morgan fingerprint density at radius 3 is 2.08 bits per heavy atom. The molecule has 0 saturated carbocycles. The van der Waals surface area contributed by atoms with Gasteiger partial charge in [-0.1, -0.05) is 0 Å². The maximum atomic E-state index is 10.4. The first kappa shape index (κ1) is 10.5. The lowest BCUT2D eigenvalue weighted by atomic mass is 10.1. The molecule has 68 valence electrons. The molecule has 0 aromatic heterocycles. The normalized spacial score (nSPS) is 11.8. The Kier molecular flexibility index (Phi) is 3.82. The molecule has 0 fully saturated rings. The van der Waals surface area contributed by atoms with E-state index >= 15 is 0 Å². The van der Waals surface area contributed by atoms with Gasteiger partial charge in [0, 0.05) is 0 Å². The predicted octanol–water partition coefficient (Wildman–Crippen LogP) is 0.466. The molecule has 0 aromatic rings. The molecule has 0 radical (unpaired) electrons. The largest absolute Gasteiger partial charge is 0.501 e. The van der Waals surface area contributed by atoms with Crippen molar-refractivity contribution < 1.29 is 24.5 Å². The molecule has 0 heterocycles. The lowest BCUT2D eigenvalue weighted by Gasteiger charge is -2.03. The average Bonchev–Trinajstić information content (AvgIpc) is 1.98. The fourth-order valence-corrected chi connectivity index (χ4v) is 0.625. The van der Waals surface area contributed by atoms with Gasteiger partial charge in [0.1, 0.15) is 5.76 Å². The Labute approximate surface area is 69.3 Å². The van der Waals surface area contributed by atoms with Crippen LogP contribution in [0.2, 0.25) is 0 Å². The van der Waals surface area contributed by atoms with Crippen LogP contribution >= 0.6 is 0 Å². The van der Waals surface area contributed by atoms with E-state index in [1.54, 1.807) is 0 Å². The van der Waals surface area contributed by atoms with Gasteiger partial charge in [0.25, 0.3) is 0 Å². The van der Waals surface area contributed by atoms with Gasteiger partial charge in [-0.15, -0.1) is 0 Å². The molecular formula is C7H10O5. The molecule has 0 atom stereocenters. The molecule has 0 bridgehead atoms. The van der Waals surface area contributed by atoms with Gasteiger partial charge >= 0.3 is 11.9 Å². The first-order valence-electron chi connectivity index (χ1n) is 3.17. The van der Waals surface area contributed by atoms with Gasteiger partial charge < -0.3 is 14.9 Å². The lowest BCUT2D eigenvalue weighted by molar-refractivity contribution is -0.139. The van der Waals surface area contributed by atoms with E-state index in [4.69, 9.17) is 10.2 Å². The Morgan fingerprint density at radius 2 is 1.83 bits per heavy atom. The van der Waals surface area contributed by atoms with E-state index < -0.39 is 18.4 Å². The van der Waals surface area contributed by atoms with Crippen LogP contribution in [-0.2, 0) is 14.3 Å². The summed E-state index contributed by atoms with van der Waals surface area (Å²) in [7, 11) is 1.29. The fraction of sp³-hybridized carbons (Fsp3) is 0.429. The Bertz CT molecular complexity index is 228. The number of carbonyl (C=O) groups is 2. The van der Waals surface area contributed by atoms with Crippen molar-refractivity contribution in [3.8, 4) is 0 Å². The van der Waals surface area contributed by atoms with Crippen LogP contribution in [-0.4, -0.2) is 29.3 Å². The van der Waals surface area contributed by atoms with Gasteiger partial charge in [-0.2, -0.15) is 0 Å². The van der Waals surface area contributed by atoms with Crippen molar-refractivity contribution >= 4 is 11.9 Å². The van der Waals surface area contributed by atoms with Crippen LogP contribution in [0.4, 0.5) is 0 Å². The zero-order valence-corrected chi connectivity index (χ0v) is 6.83. The number of allylic oxidation sites excluding steroid dienone is 1. The van der Waals surface area contributed by atoms with E-state index in [9.17, 15) is 9.59 Å². The molecule has 0 spiro atoms. The fourth-order valence-electron chi connectivity index (χ4n) is 0.625. The maximum absolute atomic E-state index is 10.4. The average molecular weight is 174 g/mol. The summed E-state index contributed by atoms with van der Waals surface area (Å²) in [5.74, 6) is -2.34. The topological polar surface area (TPSA) is 83.8 Å². The second kappa shape index (κ2) is 4.38. The highest BCUT2D eigenvalue weighted by molar-refractivity contribution is 5.92. The van der Waals surface area contributed by atoms with Gasteiger partial charge in [-0.25, -0.2) is 4.79 Å². The summed E-state index contributed by atoms with van der Waals surface area (Å²) >= 11 is 0. The number of methoxy groups -OCH3 is 1. The van der Waals surface area contributed by atoms with Crippen molar-refractivity contribution in [2.75, 3.05) is 7.11 Å². The Morgan fingerprint density at radius 1 is 1.33 bits per heavy atom. The second-order valence-electron chi connectivity index (χ2n) is 2.11. The first-order valence-corrected chi connectivity index (χ1v) is 3.17. The molecule has 2 N–H and O–H groups in total. The summed E-state index contributed by atoms with van der Waals surface area (Å²) in [6.07, 6.45) is -0.533. The van der Waals surface area contributed by atoms with Gasteiger partial charge in [0.2, 0.25) is 0 Å². The third-order valence-corrected chi connectivity index (χ3v) is 1.32. The maximum Gasteiger partial charge on any atom is 0.335 e. The zero-order valence-electron chi connectivity index (χ0n) is 6.83. The molecule has 0 amide bonds. The SMILES string of the molecule is COC(C)=C(CC(=O)O)C(=O)O. The van der Waals surface area contributed by atoms with Gasteiger partial charge in [0.05, 0.1) is 19.1 Å². The molecule has 0 rings (SSSR count). The monoisotopic (exact) mass is 174 g/mol. The summed E-state index contributed by atoms with van der Waals surface area (Å²) in [5, 5.41) is 16.8. The summed E-state index contributed by atoms with van der Waals surface area (Å²) < 4.78 is 4.61. The molecule has 0 aromatic carbocycles. The van der Waals surface area contributed by atoms with E-state index in [1.807, 2.05) is 0 Å². The summed E-state index contributed by atoms with van der Waals surface area (Å²) in [4.78, 5) is 20.6. The summed E-state index contributed by atoms with van der Waals surface area (Å²) in [5.41, 5.74) is -0.231. The molecule has 12 heavy (non-hydrogen) atoms. The highest BCUT2D eigenvalue weighted by atomic mass is 16.5. The van der Waals surface area contributed by atoms with Crippen molar-refractivity contribution in [3.05, 3.63) is 11.3 Å². The number of aliphatic carboxylic acids is 2. The quantitative estimate of drug-likeness (QED) is 0.478. The smallest absolute Gasteiger partial charge is 0.335 e. The van der Waals surface area contributed by atoms with Crippen LogP contribution < -0.4 is 0 Å². The van der Waals surface area contributed by atoms with Gasteiger partial charge in [-0.05, 0) is 6.92 Å². The van der Waals surface area contributed by atoms with Crippen LogP contribution in [0.25, 0.3) is 0 Å². The zero-order chi connectivity index (χ0) is 9.72. The molecular weight excluding hydrogens is 164 g/mol. The number of hydrogen-bond donors (Lipinski definition) is 2. The van der Waals surface area contributed by atoms with Gasteiger partial charge in [0.15, 0.2) is 0 Å². The molecule has 0 saturated heterocycles. The van der Waals surface area contributed by atoms with Gasteiger partial charge in [-0.3, -0.25) is 4.79 Å². The third kappa shape index (κ3) is 3.05. The van der Waals surface area contributed by atoms with Crippen LogP contribution in [0.5, 0.6) is 0 Å². The number of hydrogen-bond acceptors (Lipinski definition) is 3. The first-order chi connectivity index (χ1) is 5.49. The lowest BCUT2D eigenvalue weighted by Crippen LogP contribution is -2.09. The highest BCUT2D eigenvalue weighted by Crippen LogP contribution is 2.09. The second-order valence-corrected chi connectivity index (χ2v) is 2.11. The molecule has 5 nitrogen and oxygen atoms in total. The standard InChI is InChI=1S/C7H10O5/c1-4(12-2)5(7(10)11)3-6(8)9/h3H2,1-2H3,(H,8,9)(H,10,11). The van der Waals surface area contributed by atoms with Crippen LogP contribution in [0, 0.1) is 0 Å². The van der Waals surface area contributed by atoms with Crippen molar-refractivity contribution in [3.63, 3.8) is 0 Å². The highest BCUT2D eigenvalue weighted by Gasteiger charge is 2.15. The summed E-state index contributed by atoms with van der Waals surface area (Å²) in [6.45, 7) is 1.41. The molecule has 0 aliphatic carbocycles. The number of carboxylic acid groups (broad SMARTS) is 2. The minimum absolute atomic E-state index is 0.116. The predicted molar refractivity (Wildman–Crippen MR) is 39.6 cm³/mol. The van der Waals surface area contributed by atoms with Crippen molar-refractivity contribution in [1.82, 2.24) is 0 Å². The van der Waals surface area contributed by atoms with Crippen molar-refractivity contribution in [1.29, 1.82) is 0 Å². The molecule has 0 unspecified atom stereocenters. The number of rotatable bonds is 4. The minimum atomic E-state index is -1.27. The minimum Gasteiger partial charge on any atom is -0.501 e. The van der Waals surface area contributed by atoms with Crippen LogP contribution in [0.3, 0.4) is 0 Å². The summed E-state index contributed by atoms with van der Waals surface area (Å²) in [6, 6.07) is 0. The van der Waals surface area contributed by atoms with E-state index in [2.05, 4.69) is 4.74 Å². The molecule has 0 aliphatic rings. The van der Waals surface area contributed by atoms with Crippen LogP contribution in [0.15, 0.2) is 11.3 Å². The molecule has 5 heteroatoms. The Hall–Kier alpha value is -1.52. The third-order valence-electron chi connectivity index (χ3n) is 1.32. The van der Waals surface area contributed by atoms with E-state index in [1.165, 1.54) is 14.0 Å². The van der Waals surface area contributed by atoms with Crippen molar-refractivity contribution in [2.45, 2.75) is 13.3 Å². The number of carboxylic acids is 2. The molecule has 0 aliphatic heterocycles.